The Hall–Kier alpha value is -4.13. The van der Waals surface area contributed by atoms with Gasteiger partial charge in [0.15, 0.2) is 0 Å². The van der Waals surface area contributed by atoms with E-state index in [0.29, 0.717) is 29.0 Å². The van der Waals surface area contributed by atoms with Crippen LogP contribution in [0.5, 0.6) is 0 Å². The van der Waals surface area contributed by atoms with E-state index in [1.165, 1.54) is 12.1 Å². The first kappa shape index (κ1) is 23.0. The van der Waals surface area contributed by atoms with Crippen LogP contribution in [-0.2, 0) is 0 Å². The topological polar surface area (TPSA) is 112 Å². The highest BCUT2D eigenvalue weighted by Crippen LogP contribution is 2.43. The van der Waals surface area contributed by atoms with E-state index in [1.54, 1.807) is 6.07 Å². The van der Waals surface area contributed by atoms with Gasteiger partial charge in [0.05, 0.1) is 16.5 Å². The number of carbonyl (C=O) groups is 2. The predicted molar refractivity (Wildman–Crippen MR) is 132 cm³/mol. The van der Waals surface area contributed by atoms with Crippen LogP contribution < -0.4 is 10.7 Å². The highest BCUT2D eigenvalue weighted by Gasteiger charge is 2.24. The van der Waals surface area contributed by atoms with Crippen molar-refractivity contribution in [3.63, 3.8) is 0 Å². The van der Waals surface area contributed by atoms with E-state index in [0.717, 1.165) is 39.7 Å². The smallest absolute Gasteiger partial charge is 0.336 e. The summed E-state index contributed by atoms with van der Waals surface area (Å²) in [6.45, 7) is 9.26. The van der Waals surface area contributed by atoms with Gasteiger partial charge in [-0.05, 0) is 68.7 Å². The molecule has 0 saturated heterocycles. The Labute approximate surface area is 196 Å². The highest BCUT2D eigenvalue weighted by molar-refractivity contribution is 6.09. The van der Waals surface area contributed by atoms with Gasteiger partial charge in [0.1, 0.15) is 11.3 Å². The van der Waals surface area contributed by atoms with Gasteiger partial charge in [-0.15, -0.1) is 0 Å². The van der Waals surface area contributed by atoms with Crippen LogP contribution in [0.2, 0.25) is 0 Å². The van der Waals surface area contributed by atoms with Gasteiger partial charge in [-0.3, -0.25) is 4.99 Å². The summed E-state index contributed by atoms with van der Waals surface area (Å²) in [7, 11) is 0. The summed E-state index contributed by atoms with van der Waals surface area (Å²) >= 11 is 0. The number of benzene rings is 3. The number of nitrogens with zero attached hydrogens (tertiary/aromatic N) is 1. The van der Waals surface area contributed by atoms with E-state index in [2.05, 4.69) is 10.3 Å². The van der Waals surface area contributed by atoms with Crippen molar-refractivity contribution in [3.05, 3.63) is 70.1 Å². The summed E-state index contributed by atoms with van der Waals surface area (Å²) in [6, 6.07) is 11.9. The van der Waals surface area contributed by atoms with Gasteiger partial charge in [0.25, 0.3) is 0 Å². The molecule has 0 atom stereocenters. The van der Waals surface area contributed by atoms with Gasteiger partial charge in [0, 0.05) is 47.4 Å². The van der Waals surface area contributed by atoms with E-state index >= 15 is 0 Å². The third-order valence-electron chi connectivity index (χ3n) is 5.85. The Morgan fingerprint density at radius 1 is 0.941 bits per heavy atom. The van der Waals surface area contributed by atoms with Crippen molar-refractivity contribution >= 4 is 28.6 Å². The maximum absolute atomic E-state index is 12.2. The lowest BCUT2D eigenvalue weighted by molar-refractivity contribution is 0.0696. The number of hydrogen-bond donors (Lipinski definition) is 3. The van der Waals surface area contributed by atoms with Crippen molar-refractivity contribution in [2.75, 3.05) is 18.4 Å². The number of carboxylic acid groups (broad SMARTS) is 2. The van der Waals surface area contributed by atoms with Gasteiger partial charge in [0.2, 0.25) is 0 Å². The molecule has 0 saturated carbocycles. The Morgan fingerprint density at radius 2 is 1.71 bits per heavy atom. The van der Waals surface area contributed by atoms with Crippen LogP contribution >= 0.6 is 0 Å². The molecule has 0 amide bonds. The molecule has 1 aliphatic carbocycles. The second-order valence-corrected chi connectivity index (χ2v) is 8.15. The molecule has 2 aliphatic rings. The summed E-state index contributed by atoms with van der Waals surface area (Å²) in [5, 5.41) is 24.3. The molecule has 0 aromatic heterocycles. The van der Waals surface area contributed by atoms with Crippen LogP contribution in [0.3, 0.4) is 0 Å². The number of carboxylic acids is 2. The molecule has 2 aromatic carbocycles. The number of aromatic carboxylic acids is 2. The molecule has 0 fully saturated rings. The lowest BCUT2D eigenvalue weighted by Crippen LogP contribution is -2.10. The normalized spacial score (nSPS) is 11.8. The first-order chi connectivity index (χ1) is 16.2. The van der Waals surface area contributed by atoms with E-state index in [9.17, 15) is 19.8 Å². The molecule has 34 heavy (non-hydrogen) atoms. The first-order valence-corrected chi connectivity index (χ1v) is 11.1. The molecule has 174 valence electrons. The van der Waals surface area contributed by atoms with Gasteiger partial charge in [-0.25, -0.2) is 9.59 Å². The molecule has 7 nitrogen and oxygen atoms in total. The fourth-order valence-electron chi connectivity index (χ4n) is 4.27. The number of rotatable bonds is 6. The summed E-state index contributed by atoms with van der Waals surface area (Å²) in [5.74, 6) is -1.81. The van der Waals surface area contributed by atoms with Crippen LogP contribution in [0.15, 0.2) is 51.9 Å². The third kappa shape index (κ3) is 4.01. The summed E-state index contributed by atoms with van der Waals surface area (Å²) in [5.41, 5.74) is 5.12. The SMILES string of the molecule is CC/N=c1\cc2oc3cc(NCC)c(C)cc3c(-c3ccc(C(=O)O)cc3C(=O)O)c-2cc1C. The predicted octanol–water partition coefficient (Wildman–Crippen LogP) is 5.57. The number of hydrogen-bond acceptors (Lipinski definition) is 5. The Balaban J connectivity index is 2.19. The minimum atomic E-state index is -1.20. The van der Waals surface area contributed by atoms with Gasteiger partial charge in [-0.1, -0.05) is 6.07 Å². The quantitative estimate of drug-likeness (QED) is 0.326. The van der Waals surface area contributed by atoms with E-state index in [1.807, 2.05) is 52.0 Å². The zero-order chi connectivity index (χ0) is 24.6. The minimum Gasteiger partial charge on any atom is -0.478 e. The van der Waals surface area contributed by atoms with Gasteiger partial charge < -0.3 is 19.9 Å². The third-order valence-corrected chi connectivity index (χ3v) is 5.85. The van der Waals surface area contributed by atoms with Gasteiger partial charge in [-0.2, -0.15) is 0 Å². The van der Waals surface area contributed by atoms with Crippen LogP contribution in [0.4, 0.5) is 5.69 Å². The largest absolute Gasteiger partial charge is 0.478 e. The molecule has 1 aliphatic heterocycles. The number of nitrogens with one attached hydrogen (secondary N) is 1. The minimum absolute atomic E-state index is 0.0814. The zero-order valence-corrected chi connectivity index (χ0v) is 19.5. The second kappa shape index (κ2) is 9.02. The Bertz CT molecular complexity index is 1480. The summed E-state index contributed by atoms with van der Waals surface area (Å²) < 4.78 is 6.31. The van der Waals surface area contributed by atoms with E-state index in [4.69, 9.17) is 4.42 Å². The number of fused-ring (bicyclic) bond motifs is 2. The molecule has 4 rings (SSSR count). The summed E-state index contributed by atoms with van der Waals surface area (Å²) in [6.07, 6.45) is 0. The first-order valence-electron chi connectivity index (χ1n) is 11.1. The van der Waals surface area contributed by atoms with Crippen molar-refractivity contribution in [1.82, 2.24) is 0 Å². The molecular formula is C27H26N2O5. The molecule has 7 heteroatoms. The van der Waals surface area contributed by atoms with Crippen molar-refractivity contribution in [1.29, 1.82) is 0 Å². The van der Waals surface area contributed by atoms with Crippen LogP contribution in [-0.4, -0.2) is 35.2 Å². The van der Waals surface area contributed by atoms with Crippen molar-refractivity contribution in [2.24, 2.45) is 4.99 Å². The summed E-state index contributed by atoms with van der Waals surface area (Å²) in [4.78, 5) is 28.3. The van der Waals surface area contributed by atoms with Crippen LogP contribution in [0, 0.1) is 13.8 Å². The molecule has 0 radical (unpaired) electrons. The van der Waals surface area contributed by atoms with Crippen LogP contribution in [0.1, 0.15) is 45.7 Å². The molecule has 3 N–H and O–H groups in total. The molecule has 0 bridgehead atoms. The Kier molecular flexibility index (Phi) is 6.11. The van der Waals surface area contributed by atoms with Gasteiger partial charge >= 0.3 is 11.9 Å². The van der Waals surface area contributed by atoms with E-state index < -0.39 is 11.9 Å². The van der Waals surface area contributed by atoms with Crippen molar-refractivity contribution in [3.8, 4) is 22.5 Å². The average Bonchev–Trinajstić information content (AvgIpc) is 2.79. The maximum Gasteiger partial charge on any atom is 0.336 e. The molecule has 0 unspecified atom stereocenters. The average molecular weight is 459 g/mol. The lowest BCUT2D eigenvalue weighted by atomic mass is 9.88. The lowest BCUT2D eigenvalue weighted by Gasteiger charge is -2.19. The molecule has 1 heterocycles. The standard InChI is InChI=1S/C27H26N2O5/c1-5-28-21-12-23-19(9-14(21)3)25(17-8-7-16(26(30)31)11-18(17)27(32)33)20-10-15(4)22(29-6-2)13-24(20)34-23/h7-13,28H,5-6H2,1-4H3,(H,30,31)(H,32,33)/b29-22+. The van der Waals surface area contributed by atoms with E-state index in [-0.39, 0.29) is 11.1 Å². The number of anilines is 1. The fourth-order valence-corrected chi connectivity index (χ4v) is 4.27. The fraction of sp³-hybridized carbons (Fsp3) is 0.222. The Morgan fingerprint density at radius 3 is 2.35 bits per heavy atom. The van der Waals surface area contributed by atoms with Crippen molar-refractivity contribution < 1.29 is 24.2 Å². The molecule has 0 spiro atoms. The van der Waals surface area contributed by atoms with Crippen molar-refractivity contribution in [2.45, 2.75) is 27.7 Å². The zero-order valence-electron chi connectivity index (χ0n) is 19.5. The van der Waals surface area contributed by atoms with Crippen LogP contribution in [0.25, 0.3) is 33.4 Å². The molecule has 2 aromatic rings. The highest BCUT2D eigenvalue weighted by atomic mass is 16.4. The monoisotopic (exact) mass is 458 g/mol. The number of aryl methyl sites for hydroxylation is 2. The maximum atomic E-state index is 12.2. The molecular weight excluding hydrogens is 432 g/mol. The second-order valence-electron chi connectivity index (χ2n) is 8.15.